The second-order valence-corrected chi connectivity index (χ2v) is 8.24. The van der Waals surface area contributed by atoms with Crippen molar-refractivity contribution in [3.05, 3.63) is 70.1 Å². The third kappa shape index (κ3) is 3.31. The molecule has 4 aromatic rings. The number of para-hydroxylation sites is 2. The van der Waals surface area contributed by atoms with Crippen molar-refractivity contribution >= 4 is 33.3 Å². The Morgan fingerprint density at radius 1 is 1.07 bits per heavy atom. The fourth-order valence-corrected chi connectivity index (χ4v) is 5.12. The second kappa shape index (κ2) is 7.08. The lowest BCUT2D eigenvalue weighted by Gasteiger charge is -2.12. The number of hydrogen-bond acceptors (Lipinski definition) is 3. The molecular formula is C22H17F2N3OS. The number of benzene rings is 2. The number of anilines is 1. The zero-order valence-electron chi connectivity index (χ0n) is 15.4. The molecule has 1 aliphatic rings. The summed E-state index contributed by atoms with van der Waals surface area (Å²) in [4.78, 5) is 22.0. The Labute approximate surface area is 169 Å². The Bertz CT molecular complexity index is 1190. The van der Waals surface area contributed by atoms with Gasteiger partial charge < -0.3 is 10.3 Å². The molecule has 7 heteroatoms. The van der Waals surface area contributed by atoms with Crippen LogP contribution < -0.4 is 5.32 Å². The number of thiophene rings is 1. The first-order valence-electron chi connectivity index (χ1n) is 9.45. The first-order chi connectivity index (χ1) is 14.1. The number of halogens is 2. The number of fused-ring (bicyclic) bond motifs is 2. The number of carbonyl (C=O) groups excluding carboxylic acids is 1. The van der Waals surface area contributed by atoms with Gasteiger partial charge in [-0.3, -0.25) is 4.79 Å². The molecule has 146 valence electrons. The predicted molar refractivity (Wildman–Crippen MR) is 110 cm³/mol. The van der Waals surface area contributed by atoms with Gasteiger partial charge in [0.15, 0.2) is 0 Å². The molecule has 29 heavy (non-hydrogen) atoms. The average Bonchev–Trinajstić information content (AvgIpc) is 3.27. The summed E-state index contributed by atoms with van der Waals surface area (Å²) in [5.41, 5.74) is 3.79. The lowest BCUT2D eigenvalue weighted by molar-refractivity contribution is 0.102. The van der Waals surface area contributed by atoms with Crippen molar-refractivity contribution in [3.8, 4) is 11.4 Å². The summed E-state index contributed by atoms with van der Waals surface area (Å²) < 4.78 is 27.1. The quantitative estimate of drug-likeness (QED) is 0.456. The molecule has 2 N–H and O–H groups in total. The minimum atomic E-state index is -0.780. The van der Waals surface area contributed by atoms with Gasteiger partial charge in [-0.05, 0) is 55.5 Å². The summed E-state index contributed by atoms with van der Waals surface area (Å²) in [7, 11) is 0. The molecule has 1 aliphatic carbocycles. The number of nitrogens with zero attached hydrogens (tertiary/aromatic N) is 1. The lowest BCUT2D eigenvalue weighted by Crippen LogP contribution is -2.12. The van der Waals surface area contributed by atoms with E-state index in [1.807, 2.05) is 24.3 Å². The molecule has 0 atom stereocenters. The van der Waals surface area contributed by atoms with E-state index in [4.69, 9.17) is 4.98 Å². The number of imidazole rings is 1. The Morgan fingerprint density at radius 3 is 2.62 bits per heavy atom. The molecule has 0 unspecified atom stereocenters. The maximum atomic E-state index is 13.5. The zero-order chi connectivity index (χ0) is 20.0. The van der Waals surface area contributed by atoms with Gasteiger partial charge in [0.05, 0.1) is 16.6 Å². The number of rotatable bonds is 3. The van der Waals surface area contributed by atoms with Gasteiger partial charge in [-0.1, -0.05) is 12.1 Å². The molecule has 2 heterocycles. The molecule has 0 aliphatic heterocycles. The van der Waals surface area contributed by atoms with Crippen molar-refractivity contribution in [2.45, 2.75) is 25.7 Å². The standard InChI is InChI=1S/C22H17F2N3OS/c23-13-9-12(10-14(24)11-13)21(28)27-22-19(15-5-1-4-8-18(15)29-22)20-25-16-6-2-3-7-17(16)26-20/h2-3,6-7,9-11H,1,4-5,8H2,(H,25,26)(H,27,28). The highest BCUT2D eigenvalue weighted by molar-refractivity contribution is 7.17. The predicted octanol–water partition coefficient (Wildman–Crippen LogP) is 5.70. The largest absolute Gasteiger partial charge is 0.338 e. The van der Waals surface area contributed by atoms with E-state index >= 15 is 0 Å². The molecule has 0 saturated heterocycles. The molecule has 0 bridgehead atoms. The SMILES string of the molecule is O=C(Nc1sc2c(c1-c1nc3ccccc3[nH]1)CCCC2)c1cc(F)cc(F)c1. The average molecular weight is 409 g/mol. The van der Waals surface area contributed by atoms with Crippen LogP contribution in [0, 0.1) is 11.6 Å². The zero-order valence-corrected chi connectivity index (χ0v) is 16.2. The summed E-state index contributed by atoms with van der Waals surface area (Å²) >= 11 is 1.52. The highest BCUT2D eigenvalue weighted by atomic mass is 32.1. The van der Waals surface area contributed by atoms with E-state index in [1.165, 1.54) is 21.8 Å². The van der Waals surface area contributed by atoms with Crippen LogP contribution in [0.5, 0.6) is 0 Å². The molecular weight excluding hydrogens is 392 g/mol. The third-order valence-corrected chi connectivity index (χ3v) is 6.36. The second-order valence-electron chi connectivity index (χ2n) is 7.13. The van der Waals surface area contributed by atoms with Crippen LogP contribution in [0.15, 0.2) is 42.5 Å². The van der Waals surface area contributed by atoms with Crippen LogP contribution in [0.25, 0.3) is 22.4 Å². The Morgan fingerprint density at radius 2 is 1.83 bits per heavy atom. The number of carbonyl (C=O) groups is 1. The van der Waals surface area contributed by atoms with Gasteiger partial charge in [0.25, 0.3) is 5.91 Å². The summed E-state index contributed by atoms with van der Waals surface area (Å²) in [5.74, 6) is -1.40. The van der Waals surface area contributed by atoms with E-state index in [0.29, 0.717) is 10.8 Å². The van der Waals surface area contributed by atoms with Crippen molar-refractivity contribution in [3.63, 3.8) is 0 Å². The van der Waals surface area contributed by atoms with Gasteiger partial charge in [0.1, 0.15) is 22.5 Å². The summed E-state index contributed by atoms with van der Waals surface area (Å²) in [6.45, 7) is 0. The smallest absolute Gasteiger partial charge is 0.256 e. The van der Waals surface area contributed by atoms with Crippen molar-refractivity contribution in [1.82, 2.24) is 9.97 Å². The molecule has 5 rings (SSSR count). The normalized spacial score (nSPS) is 13.4. The van der Waals surface area contributed by atoms with E-state index in [9.17, 15) is 13.6 Å². The Hall–Kier alpha value is -3.06. The fourth-order valence-electron chi connectivity index (χ4n) is 3.84. The van der Waals surface area contributed by atoms with Gasteiger partial charge in [-0.2, -0.15) is 0 Å². The fraction of sp³-hybridized carbons (Fsp3) is 0.182. The van der Waals surface area contributed by atoms with Crippen LogP contribution in [-0.2, 0) is 12.8 Å². The summed E-state index contributed by atoms with van der Waals surface area (Å²) in [6.07, 6.45) is 4.06. The molecule has 0 fully saturated rings. The minimum Gasteiger partial charge on any atom is -0.338 e. The van der Waals surface area contributed by atoms with E-state index in [1.54, 1.807) is 0 Å². The molecule has 2 aromatic heterocycles. The number of hydrogen-bond donors (Lipinski definition) is 2. The molecule has 4 nitrogen and oxygen atoms in total. The van der Waals surface area contributed by atoms with Crippen molar-refractivity contribution in [1.29, 1.82) is 0 Å². The topological polar surface area (TPSA) is 57.8 Å². The van der Waals surface area contributed by atoms with Crippen LogP contribution >= 0.6 is 11.3 Å². The molecule has 0 spiro atoms. The van der Waals surface area contributed by atoms with Gasteiger partial charge in [-0.15, -0.1) is 11.3 Å². The van der Waals surface area contributed by atoms with Crippen molar-refractivity contribution < 1.29 is 13.6 Å². The van der Waals surface area contributed by atoms with Gasteiger partial charge in [-0.25, -0.2) is 13.8 Å². The Kier molecular flexibility index (Phi) is 4.39. The van der Waals surface area contributed by atoms with E-state index in [0.717, 1.165) is 60.5 Å². The minimum absolute atomic E-state index is 0.0515. The first-order valence-corrected chi connectivity index (χ1v) is 10.3. The summed E-state index contributed by atoms with van der Waals surface area (Å²) in [6, 6.07) is 10.6. The van der Waals surface area contributed by atoms with Crippen molar-refractivity contribution in [2.75, 3.05) is 5.32 Å². The number of amides is 1. The maximum Gasteiger partial charge on any atom is 0.256 e. The number of aromatic nitrogens is 2. The molecule has 0 saturated carbocycles. The van der Waals surface area contributed by atoms with Crippen LogP contribution in [0.1, 0.15) is 33.6 Å². The van der Waals surface area contributed by atoms with Crippen LogP contribution in [0.3, 0.4) is 0 Å². The third-order valence-electron chi connectivity index (χ3n) is 5.15. The highest BCUT2D eigenvalue weighted by Crippen LogP contribution is 2.43. The molecule has 0 radical (unpaired) electrons. The Balaban J connectivity index is 1.59. The number of aromatic amines is 1. The van der Waals surface area contributed by atoms with Crippen LogP contribution in [-0.4, -0.2) is 15.9 Å². The maximum absolute atomic E-state index is 13.5. The van der Waals surface area contributed by atoms with Crippen LogP contribution in [0.2, 0.25) is 0 Å². The highest BCUT2D eigenvalue weighted by Gasteiger charge is 2.25. The van der Waals surface area contributed by atoms with Gasteiger partial charge in [0, 0.05) is 16.5 Å². The van der Waals surface area contributed by atoms with Gasteiger partial charge >= 0.3 is 0 Å². The first kappa shape index (κ1) is 18.0. The van der Waals surface area contributed by atoms with Crippen molar-refractivity contribution in [2.24, 2.45) is 0 Å². The van der Waals surface area contributed by atoms with Crippen LogP contribution in [0.4, 0.5) is 13.8 Å². The van der Waals surface area contributed by atoms with E-state index < -0.39 is 17.5 Å². The molecule has 1 amide bonds. The monoisotopic (exact) mass is 409 g/mol. The number of H-pyrrole nitrogens is 1. The molecule has 2 aromatic carbocycles. The van der Waals surface area contributed by atoms with Gasteiger partial charge in [0.2, 0.25) is 0 Å². The number of aryl methyl sites for hydroxylation is 1. The van der Waals surface area contributed by atoms with E-state index in [-0.39, 0.29) is 5.56 Å². The van der Waals surface area contributed by atoms with E-state index in [2.05, 4.69) is 10.3 Å². The summed E-state index contributed by atoms with van der Waals surface area (Å²) in [5, 5.41) is 3.53. The number of nitrogens with one attached hydrogen (secondary N) is 2. The lowest BCUT2D eigenvalue weighted by atomic mass is 9.95.